The van der Waals surface area contributed by atoms with E-state index in [4.69, 9.17) is 23.7 Å². The largest absolute Gasteiger partial charge is 0.485 e. The molecule has 1 saturated heterocycles. The predicted octanol–water partition coefficient (Wildman–Crippen LogP) is 3.03. The number of hydrogen-bond donors (Lipinski definition) is 1. The minimum Gasteiger partial charge on any atom is -0.485 e. The number of thioether (sulfide) groups is 1. The Morgan fingerprint density at radius 3 is 2.28 bits per heavy atom. The molecule has 2 fully saturated rings. The Labute approximate surface area is 254 Å². The van der Waals surface area contributed by atoms with Gasteiger partial charge in [0.15, 0.2) is 23.2 Å². The maximum atomic E-state index is 12.4. The van der Waals surface area contributed by atoms with Gasteiger partial charge in [-0.2, -0.15) is 0 Å². The van der Waals surface area contributed by atoms with Gasteiger partial charge >= 0.3 is 17.9 Å². The average Bonchev–Trinajstić information content (AvgIpc) is 3.59. The third-order valence-electron chi connectivity index (χ3n) is 7.17. The lowest BCUT2D eigenvalue weighted by molar-refractivity contribution is -0.211. The molecule has 1 saturated carbocycles. The molecule has 1 N–H and O–H groups in total. The molecule has 14 heteroatoms. The van der Waals surface area contributed by atoms with E-state index in [9.17, 15) is 19.2 Å². The number of rotatable bonds is 11. The number of nitrogens with one attached hydrogen (secondary N) is 1. The fourth-order valence-electron chi connectivity index (χ4n) is 5.37. The van der Waals surface area contributed by atoms with Crippen molar-refractivity contribution in [2.75, 3.05) is 6.61 Å². The van der Waals surface area contributed by atoms with E-state index in [0.29, 0.717) is 11.0 Å². The van der Waals surface area contributed by atoms with E-state index in [2.05, 4.69) is 15.5 Å². The van der Waals surface area contributed by atoms with Crippen LogP contribution in [0.4, 0.5) is 0 Å². The first-order chi connectivity index (χ1) is 20.5. The molecular weight excluding hydrogens is 580 g/mol. The quantitative estimate of drug-likeness (QED) is 0.290. The molecule has 43 heavy (non-hydrogen) atoms. The van der Waals surface area contributed by atoms with Crippen molar-refractivity contribution >= 4 is 35.6 Å². The second kappa shape index (κ2) is 14.7. The number of para-hydroxylation sites is 1. The summed E-state index contributed by atoms with van der Waals surface area (Å²) in [6, 6.07) is 6.89. The van der Waals surface area contributed by atoms with Gasteiger partial charge in [-0.3, -0.25) is 23.7 Å². The molecular formula is C29H38N4O9S. The second-order valence-corrected chi connectivity index (χ2v) is 11.7. The van der Waals surface area contributed by atoms with Crippen LogP contribution < -0.4 is 10.1 Å². The Bertz CT molecular complexity index is 1310. The summed E-state index contributed by atoms with van der Waals surface area (Å²) in [5.74, 6) is -0.921. The van der Waals surface area contributed by atoms with Crippen molar-refractivity contribution in [3.05, 3.63) is 35.7 Å². The highest BCUT2D eigenvalue weighted by atomic mass is 32.2. The second-order valence-electron chi connectivity index (χ2n) is 10.6. The van der Waals surface area contributed by atoms with Crippen molar-refractivity contribution in [3.63, 3.8) is 0 Å². The van der Waals surface area contributed by atoms with E-state index >= 15 is 0 Å². The van der Waals surface area contributed by atoms with Gasteiger partial charge in [-0.15, -0.1) is 10.2 Å². The predicted molar refractivity (Wildman–Crippen MR) is 153 cm³/mol. The number of carbonyl (C=O) groups excluding carboxylic acids is 4. The number of aromatic nitrogens is 3. The van der Waals surface area contributed by atoms with Gasteiger partial charge in [0.2, 0.25) is 5.91 Å². The molecule has 1 amide bonds. The molecule has 1 aromatic heterocycles. The minimum atomic E-state index is -1.17. The number of amides is 1. The van der Waals surface area contributed by atoms with Gasteiger partial charge < -0.3 is 29.0 Å². The monoisotopic (exact) mass is 618 g/mol. The molecule has 1 aromatic carbocycles. The number of aryl methyl sites for hydroxylation is 1. The molecule has 234 valence electrons. The standard InChI is InChI=1S/C29H38N4O9S/c1-16-10-6-9-13-22(16)39-15-24-31-32-29(33(24)21-11-7-8-12-21)43-28-25(30-17(2)34)27(41-20(5)37)26(40-19(4)36)23(42-28)14-38-18(3)35/h6,9-10,13,21,23,25-28H,7-8,11-12,14-15H2,1-5H3,(H,30,34)/t23-,25+,26+,27+,28+/m1/s1. The highest BCUT2D eigenvalue weighted by molar-refractivity contribution is 7.99. The molecule has 1 aliphatic carbocycles. The molecule has 2 heterocycles. The zero-order valence-electron chi connectivity index (χ0n) is 24.9. The zero-order valence-corrected chi connectivity index (χ0v) is 25.8. The van der Waals surface area contributed by atoms with E-state index in [1.165, 1.54) is 39.5 Å². The topological polar surface area (TPSA) is 157 Å². The van der Waals surface area contributed by atoms with E-state index in [-0.39, 0.29) is 19.3 Å². The zero-order chi connectivity index (χ0) is 31.1. The summed E-state index contributed by atoms with van der Waals surface area (Å²) in [6.07, 6.45) is 0.660. The molecule has 0 radical (unpaired) electrons. The van der Waals surface area contributed by atoms with Gasteiger partial charge in [0.25, 0.3) is 0 Å². The molecule has 1 aliphatic heterocycles. The van der Waals surface area contributed by atoms with Crippen molar-refractivity contribution in [2.45, 2.75) is 108 Å². The Hall–Kier alpha value is -3.65. The summed E-state index contributed by atoms with van der Waals surface area (Å²) in [5.41, 5.74) is 0.102. The van der Waals surface area contributed by atoms with Crippen molar-refractivity contribution in [2.24, 2.45) is 0 Å². The first-order valence-electron chi connectivity index (χ1n) is 14.2. The molecule has 0 bridgehead atoms. The van der Waals surface area contributed by atoms with Crippen LogP contribution >= 0.6 is 11.8 Å². The van der Waals surface area contributed by atoms with Gasteiger partial charge in [0.05, 0.1) is 0 Å². The van der Waals surface area contributed by atoms with Crippen molar-refractivity contribution in [1.82, 2.24) is 20.1 Å². The Balaban J connectivity index is 1.69. The lowest BCUT2D eigenvalue weighted by atomic mass is 9.97. The van der Waals surface area contributed by atoms with Crippen molar-refractivity contribution in [3.8, 4) is 5.75 Å². The number of esters is 3. The number of benzene rings is 1. The summed E-state index contributed by atoms with van der Waals surface area (Å²) in [7, 11) is 0. The van der Waals surface area contributed by atoms with Gasteiger partial charge in [-0.05, 0) is 31.4 Å². The normalized spacial score (nSPS) is 23.8. The Morgan fingerprint density at radius 2 is 1.65 bits per heavy atom. The number of carbonyl (C=O) groups is 4. The first kappa shape index (κ1) is 32.3. The molecule has 2 aliphatic rings. The van der Waals surface area contributed by atoms with E-state index in [1.54, 1.807) is 0 Å². The fourth-order valence-corrected chi connectivity index (χ4v) is 6.60. The SMILES string of the molecule is CC(=O)N[C@H]1[C@H](OC(C)=O)[C@@H](OC(C)=O)[C@@H](COC(C)=O)O[C@H]1Sc1nnc(COc2ccccc2C)n1C1CCCC1. The Kier molecular flexibility index (Phi) is 11.0. The molecule has 13 nitrogen and oxygen atoms in total. The lowest BCUT2D eigenvalue weighted by Crippen LogP contribution is -2.65. The van der Waals surface area contributed by atoms with Crippen LogP contribution in [-0.4, -0.2) is 75.0 Å². The van der Waals surface area contributed by atoms with Crippen LogP contribution in [0.15, 0.2) is 29.4 Å². The smallest absolute Gasteiger partial charge is 0.303 e. The van der Waals surface area contributed by atoms with Crippen LogP contribution in [0.2, 0.25) is 0 Å². The fraction of sp³-hybridized carbons (Fsp3) is 0.586. The molecule has 2 aromatic rings. The number of nitrogens with zero attached hydrogens (tertiary/aromatic N) is 3. The van der Waals surface area contributed by atoms with Crippen molar-refractivity contribution in [1.29, 1.82) is 0 Å². The number of hydrogen-bond acceptors (Lipinski definition) is 12. The summed E-state index contributed by atoms with van der Waals surface area (Å²) in [5, 5.41) is 12.3. The molecule has 0 unspecified atom stereocenters. The van der Waals surface area contributed by atoms with Crippen LogP contribution in [0, 0.1) is 6.92 Å². The summed E-state index contributed by atoms with van der Waals surface area (Å²) >= 11 is 1.19. The van der Waals surface area contributed by atoms with Gasteiger partial charge in [-0.25, -0.2) is 0 Å². The maximum Gasteiger partial charge on any atom is 0.303 e. The van der Waals surface area contributed by atoms with Crippen molar-refractivity contribution < 1.29 is 42.9 Å². The summed E-state index contributed by atoms with van der Waals surface area (Å²) in [4.78, 5) is 48.3. The lowest BCUT2D eigenvalue weighted by Gasteiger charge is -2.44. The van der Waals surface area contributed by atoms with Gasteiger partial charge in [0, 0.05) is 33.7 Å². The van der Waals surface area contributed by atoms with Gasteiger partial charge in [-0.1, -0.05) is 42.8 Å². The number of ether oxygens (including phenoxy) is 5. The van der Waals surface area contributed by atoms with Crippen LogP contribution in [0.25, 0.3) is 0 Å². The summed E-state index contributed by atoms with van der Waals surface area (Å²) in [6.45, 7) is 6.85. The average molecular weight is 619 g/mol. The Morgan fingerprint density at radius 1 is 0.977 bits per heavy atom. The van der Waals surface area contributed by atoms with Crippen LogP contribution in [-0.2, 0) is 44.7 Å². The van der Waals surface area contributed by atoms with Gasteiger partial charge in [0.1, 0.15) is 36.5 Å². The molecule has 0 spiro atoms. The molecule has 4 rings (SSSR count). The highest BCUT2D eigenvalue weighted by Crippen LogP contribution is 2.39. The summed E-state index contributed by atoms with van der Waals surface area (Å²) < 4.78 is 30.8. The maximum absolute atomic E-state index is 12.4. The minimum absolute atomic E-state index is 0.130. The van der Waals surface area contributed by atoms with Crippen LogP contribution in [0.1, 0.15) is 70.8 Å². The highest BCUT2D eigenvalue weighted by Gasteiger charge is 2.51. The molecule has 5 atom stereocenters. The third-order valence-corrected chi connectivity index (χ3v) is 8.29. The van der Waals surface area contributed by atoms with E-state index in [1.807, 2.05) is 35.8 Å². The van der Waals surface area contributed by atoms with E-state index < -0.39 is 53.6 Å². The van der Waals surface area contributed by atoms with Crippen LogP contribution in [0.3, 0.4) is 0 Å². The van der Waals surface area contributed by atoms with Crippen LogP contribution in [0.5, 0.6) is 5.75 Å². The third kappa shape index (κ3) is 8.47. The first-order valence-corrected chi connectivity index (χ1v) is 15.1. The van der Waals surface area contributed by atoms with E-state index in [0.717, 1.165) is 37.0 Å².